The van der Waals surface area contributed by atoms with Gasteiger partial charge in [0.25, 0.3) is 5.91 Å². The Morgan fingerprint density at radius 2 is 2.00 bits per heavy atom. The van der Waals surface area contributed by atoms with Gasteiger partial charge in [-0.3, -0.25) is 4.79 Å². The summed E-state index contributed by atoms with van der Waals surface area (Å²) < 4.78 is 10.6. The van der Waals surface area contributed by atoms with Crippen molar-refractivity contribution in [3.8, 4) is 17.2 Å². The average molecular weight is 338 g/mol. The van der Waals surface area contributed by atoms with Crippen LogP contribution in [0.1, 0.15) is 16.1 Å². The van der Waals surface area contributed by atoms with Crippen molar-refractivity contribution in [1.29, 1.82) is 0 Å². The van der Waals surface area contributed by atoms with Gasteiger partial charge in [0, 0.05) is 5.69 Å². The zero-order chi connectivity index (χ0) is 17.6. The molecule has 1 amide bonds. The zero-order valence-corrected chi connectivity index (χ0v) is 13.7. The molecule has 6 heteroatoms. The van der Waals surface area contributed by atoms with E-state index in [0.717, 1.165) is 0 Å². The Morgan fingerprint density at radius 3 is 2.64 bits per heavy atom. The lowest BCUT2D eigenvalue weighted by atomic mass is 10.1. The highest BCUT2D eigenvalue weighted by Gasteiger charge is 2.12. The number of amides is 1. The molecule has 0 aliphatic rings. The summed E-state index contributed by atoms with van der Waals surface area (Å²) in [5, 5.41) is 11.6. The van der Waals surface area contributed by atoms with Crippen LogP contribution in [0.4, 0.5) is 5.69 Å². The Balaban J connectivity index is 1.70. The van der Waals surface area contributed by atoms with E-state index in [1.54, 1.807) is 55.7 Å². The third kappa shape index (κ3) is 4.05. The predicted octanol–water partition coefficient (Wildman–Crippen LogP) is 3.27. The summed E-state index contributed by atoms with van der Waals surface area (Å²) in [5.74, 6) is 1.06. The van der Waals surface area contributed by atoms with E-state index >= 15 is 0 Å². The van der Waals surface area contributed by atoms with Crippen LogP contribution in [0.5, 0.6) is 5.75 Å². The second kappa shape index (κ2) is 7.63. The van der Waals surface area contributed by atoms with E-state index in [9.17, 15) is 4.79 Å². The molecule has 0 aliphatic heterocycles. The Morgan fingerprint density at radius 1 is 1.20 bits per heavy atom. The number of rotatable bonds is 6. The summed E-state index contributed by atoms with van der Waals surface area (Å²) in [6.45, 7) is 1.98. The molecule has 3 rings (SSSR count). The van der Waals surface area contributed by atoms with Crippen molar-refractivity contribution in [2.75, 3.05) is 18.5 Å². The molecule has 25 heavy (non-hydrogen) atoms. The highest BCUT2D eigenvalue weighted by Crippen LogP contribution is 2.21. The quantitative estimate of drug-likeness (QED) is 0.720. The number of carbonyl (C=O) groups is 1. The van der Waals surface area contributed by atoms with Gasteiger partial charge in [0.05, 0.1) is 24.1 Å². The number of nitrogens with one attached hydrogen (secondary N) is 1. The molecule has 3 aromatic rings. The van der Waals surface area contributed by atoms with Crippen molar-refractivity contribution >= 4 is 11.6 Å². The number of aryl methyl sites for hydroxylation is 1. The number of aliphatic hydroxyl groups is 1. The molecule has 0 unspecified atom stereocenters. The Labute approximate surface area is 145 Å². The number of carbonyl (C=O) groups excluding carboxylic acids is 1. The molecule has 0 radical (unpaired) electrons. The molecule has 0 fully saturated rings. The molecule has 0 aliphatic carbocycles. The number of furan rings is 1. The molecular formula is C19H18N2O4. The maximum absolute atomic E-state index is 12.5. The van der Waals surface area contributed by atoms with Gasteiger partial charge in [-0.2, -0.15) is 0 Å². The monoisotopic (exact) mass is 338 g/mol. The van der Waals surface area contributed by atoms with Crippen LogP contribution in [0.3, 0.4) is 0 Å². The molecule has 128 valence electrons. The van der Waals surface area contributed by atoms with E-state index in [1.807, 2.05) is 6.07 Å². The number of hydrogen-bond donors (Lipinski definition) is 2. The molecule has 2 heterocycles. The largest absolute Gasteiger partial charge is 0.491 e. The smallest absolute Gasteiger partial charge is 0.257 e. The first-order chi connectivity index (χ1) is 12.2. The second-order valence-electron chi connectivity index (χ2n) is 5.36. The van der Waals surface area contributed by atoms with Crippen LogP contribution in [-0.4, -0.2) is 29.2 Å². The van der Waals surface area contributed by atoms with Crippen LogP contribution < -0.4 is 10.1 Å². The zero-order valence-electron chi connectivity index (χ0n) is 13.7. The average Bonchev–Trinajstić information content (AvgIpc) is 3.15. The fourth-order valence-electron chi connectivity index (χ4n) is 2.36. The molecule has 0 bridgehead atoms. The SMILES string of the molecule is Cc1nc(-c2ccco2)ccc1C(=O)Nc1ccc(OCCO)cc1. The topological polar surface area (TPSA) is 84.6 Å². The lowest BCUT2D eigenvalue weighted by Crippen LogP contribution is -2.14. The van der Waals surface area contributed by atoms with E-state index in [-0.39, 0.29) is 19.1 Å². The number of nitrogens with zero attached hydrogens (tertiary/aromatic N) is 1. The van der Waals surface area contributed by atoms with E-state index in [2.05, 4.69) is 10.3 Å². The predicted molar refractivity (Wildman–Crippen MR) is 93.7 cm³/mol. The maximum atomic E-state index is 12.5. The van der Waals surface area contributed by atoms with Crippen molar-refractivity contribution < 1.29 is 19.1 Å². The van der Waals surface area contributed by atoms with Crippen molar-refractivity contribution in [3.63, 3.8) is 0 Å². The summed E-state index contributed by atoms with van der Waals surface area (Å²) in [6.07, 6.45) is 1.58. The summed E-state index contributed by atoms with van der Waals surface area (Å²) in [5.41, 5.74) is 2.45. The van der Waals surface area contributed by atoms with Gasteiger partial charge < -0.3 is 19.6 Å². The van der Waals surface area contributed by atoms with Gasteiger partial charge in [0.15, 0.2) is 5.76 Å². The molecule has 1 aromatic carbocycles. The van der Waals surface area contributed by atoms with Crippen molar-refractivity contribution in [1.82, 2.24) is 4.98 Å². The molecule has 2 N–H and O–H groups in total. The molecule has 0 spiro atoms. The number of anilines is 1. The Bertz CT molecular complexity index is 842. The third-order valence-electron chi connectivity index (χ3n) is 3.58. The molecular weight excluding hydrogens is 320 g/mol. The fourth-order valence-corrected chi connectivity index (χ4v) is 2.36. The summed E-state index contributed by atoms with van der Waals surface area (Å²) >= 11 is 0. The standard InChI is InChI=1S/C19H18N2O4/c1-13-16(8-9-17(20-13)18-3-2-11-25-18)19(23)21-14-4-6-15(7-5-14)24-12-10-22/h2-9,11,22H,10,12H2,1H3,(H,21,23). The molecule has 0 saturated heterocycles. The van der Waals surface area contributed by atoms with Crippen LogP contribution in [0.2, 0.25) is 0 Å². The van der Waals surface area contributed by atoms with Crippen molar-refractivity contribution in [2.45, 2.75) is 6.92 Å². The number of hydrogen-bond acceptors (Lipinski definition) is 5. The summed E-state index contributed by atoms with van der Waals surface area (Å²) in [4.78, 5) is 16.9. The first-order valence-corrected chi connectivity index (χ1v) is 7.84. The number of benzene rings is 1. The van der Waals surface area contributed by atoms with Crippen LogP contribution in [0.15, 0.2) is 59.2 Å². The normalized spacial score (nSPS) is 10.5. The van der Waals surface area contributed by atoms with Gasteiger partial charge in [0.1, 0.15) is 18.1 Å². The minimum absolute atomic E-state index is 0.0429. The Hall–Kier alpha value is -3.12. The third-order valence-corrected chi connectivity index (χ3v) is 3.58. The van der Waals surface area contributed by atoms with E-state index in [4.69, 9.17) is 14.3 Å². The number of aromatic nitrogens is 1. The van der Waals surface area contributed by atoms with Gasteiger partial charge in [0.2, 0.25) is 0 Å². The minimum Gasteiger partial charge on any atom is -0.491 e. The van der Waals surface area contributed by atoms with Crippen LogP contribution in [0.25, 0.3) is 11.5 Å². The number of aliphatic hydroxyl groups excluding tert-OH is 1. The molecule has 0 saturated carbocycles. The maximum Gasteiger partial charge on any atom is 0.257 e. The minimum atomic E-state index is -0.236. The first kappa shape index (κ1) is 16.7. The van der Waals surface area contributed by atoms with Gasteiger partial charge in [-0.1, -0.05) is 0 Å². The van der Waals surface area contributed by atoms with Gasteiger partial charge in [-0.05, 0) is 55.5 Å². The highest BCUT2D eigenvalue weighted by molar-refractivity contribution is 6.05. The van der Waals surface area contributed by atoms with Gasteiger partial charge in [-0.15, -0.1) is 0 Å². The van der Waals surface area contributed by atoms with Crippen LogP contribution in [0, 0.1) is 6.92 Å². The molecule has 6 nitrogen and oxygen atoms in total. The first-order valence-electron chi connectivity index (χ1n) is 7.84. The van der Waals surface area contributed by atoms with Crippen molar-refractivity contribution in [3.05, 3.63) is 66.1 Å². The molecule has 0 atom stereocenters. The van der Waals surface area contributed by atoms with E-state index < -0.39 is 0 Å². The van der Waals surface area contributed by atoms with E-state index in [1.165, 1.54) is 0 Å². The number of ether oxygens (including phenoxy) is 1. The van der Waals surface area contributed by atoms with Crippen molar-refractivity contribution in [2.24, 2.45) is 0 Å². The lowest BCUT2D eigenvalue weighted by Gasteiger charge is -2.09. The van der Waals surface area contributed by atoms with E-state index in [0.29, 0.717) is 34.1 Å². The van der Waals surface area contributed by atoms with Gasteiger partial charge in [-0.25, -0.2) is 4.98 Å². The number of pyridine rings is 1. The molecule has 2 aromatic heterocycles. The Kier molecular flexibility index (Phi) is 5.11. The van der Waals surface area contributed by atoms with Gasteiger partial charge >= 0.3 is 0 Å². The van der Waals surface area contributed by atoms with Crippen LogP contribution >= 0.6 is 0 Å². The second-order valence-corrected chi connectivity index (χ2v) is 5.36. The summed E-state index contributed by atoms with van der Waals surface area (Å²) in [7, 11) is 0. The lowest BCUT2D eigenvalue weighted by molar-refractivity contribution is 0.102. The summed E-state index contributed by atoms with van der Waals surface area (Å²) in [6, 6.07) is 14.0. The highest BCUT2D eigenvalue weighted by atomic mass is 16.5. The fraction of sp³-hybridized carbons (Fsp3) is 0.158. The van der Waals surface area contributed by atoms with Crippen LogP contribution in [-0.2, 0) is 0 Å².